The monoisotopic (exact) mass is 280 g/mol. The highest BCUT2D eigenvalue weighted by Gasteiger charge is 2.06. The summed E-state index contributed by atoms with van der Waals surface area (Å²) in [5.74, 6) is 0. The highest BCUT2D eigenvalue weighted by Crippen LogP contribution is 2.20. The van der Waals surface area contributed by atoms with E-state index in [1.807, 2.05) is 0 Å². The van der Waals surface area contributed by atoms with Gasteiger partial charge in [0.05, 0.1) is 8.07 Å². The molecule has 0 heterocycles. The third-order valence-electron chi connectivity index (χ3n) is 3.31. The van der Waals surface area contributed by atoms with Crippen LogP contribution >= 0.6 is 0 Å². The number of aryl methyl sites for hydroxylation is 1. The summed E-state index contributed by atoms with van der Waals surface area (Å²) in [4.78, 5) is 0. The Kier molecular flexibility index (Phi) is 4.61. The second-order valence-electron chi connectivity index (χ2n) is 6.54. The van der Waals surface area contributed by atoms with Crippen LogP contribution in [0.1, 0.15) is 11.1 Å². The Hall–Kier alpha value is -1.60. The highest BCUT2D eigenvalue weighted by atomic mass is 28.3. The molecule has 0 aliphatic rings. The van der Waals surface area contributed by atoms with Crippen molar-refractivity contribution in [2.45, 2.75) is 33.0 Å². The Labute approximate surface area is 124 Å². The number of hydrogen-bond donors (Lipinski definition) is 0. The fraction of sp³-hybridized carbons (Fsp3) is 0.263. The topological polar surface area (TPSA) is 0 Å². The Balaban J connectivity index is 2.07. The molecule has 0 radical (unpaired) electrons. The molecule has 0 nitrogen and oxygen atoms in total. The van der Waals surface area contributed by atoms with Gasteiger partial charge in [-0.05, 0) is 30.0 Å². The number of allylic oxidation sites excluding steroid dienone is 1. The van der Waals surface area contributed by atoms with Crippen molar-refractivity contribution in [3.05, 3.63) is 71.4 Å². The summed E-state index contributed by atoms with van der Waals surface area (Å²) >= 11 is 0. The summed E-state index contributed by atoms with van der Waals surface area (Å²) in [6, 6.07) is 17.6. The van der Waals surface area contributed by atoms with E-state index < -0.39 is 8.07 Å². The lowest BCUT2D eigenvalue weighted by Crippen LogP contribution is -2.15. The van der Waals surface area contributed by atoms with E-state index in [1.54, 1.807) is 0 Å². The zero-order valence-corrected chi connectivity index (χ0v) is 14.0. The fourth-order valence-corrected chi connectivity index (χ4v) is 2.95. The van der Waals surface area contributed by atoms with Crippen molar-refractivity contribution in [1.29, 1.82) is 0 Å². The molecular weight excluding hydrogens is 256 g/mol. The van der Waals surface area contributed by atoms with Gasteiger partial charge in [0.25, 0.3) is 0 Å². The van der Waals surface area contributed by atoms with Crippen molar-refractivity contribution < 1.29 is 0 Å². The summed E-state index contributed by atoms with van der Waals surface area (Å²) in [5, 5.41) is 0. The van der Waals surface area contributed by atoms with Crippen LogP contribution in [0.4, 0.5) is 0 Å². The summed E-state index contributed by atoms with van der Waals surface area (Å²) in [7, 11) is -1.06. The third kappa shape index (κ3) is 4.50. The minimum Gasteiger partial charge on any atom is -0.0986 e. The summed E-state index contributed by atoms with van der Waals surface area (Å²) < 4.78 is 0. The molecule has 0 saturated heterocycles. The van der Waals surface area contributed by atoms with E-state index in [1.165, 1.54) is 22.3 Å². The van der Waals surface area contributed by atoms with Crippen LogP contribution in [0.25, 0.3) is 11.1 Å². The molecule has 2 rings (SSSR count). The van der Waals surface area contributed by atoms with Gasteiger partial charge in [0.2, 0.25) is 0 Å². The van der Waals surface area contributed by atoms with Crippen LogP contribution < -0.4 is 0 Å². The maximum absolute atomic E-state index is 2.42. The van der Waals surface area contributed by atoms with Crippen LogP contribution in [0.2, 0.25) is 19.6 Å². The zero-order valence-electron chi connectivity index (χ0n) is 13.0. The van der Waals surface area contributed by atoms with Gasteiger partial charge in [-0.25, -0.2) is 0 Å². The molecule has 0 saturated carbocycles. The minimum atomic E-state index is -1.06. The average molecular weight is 280 g/mol. The van der Waals surface area contributed by atoms with Gasteiger partial charge in [-0.3, -0.25) is 0 Å². The lowest BCUT2D eigenvalue weighted by Gasteiger charge is -2.08. The predicted octanol–water partition coefficient (Wildman–Crippen LogP) is 5.64. The first-order valence-electron chi connectivity index (χ1n) is 7.28. The molecule has 0 aliphatic carbocycles. The lowest BCUT2D eigenvalue weighted by atomic mass is 10.0. The van der Waals surface area contributed by atoms with Crippen LogP contribution in [0.3, 0.4) is 0 Å². The fourth-order valence-electron chi connectivity index (χ4n) is 2.13. The molecule has 0 aliphatic heterocycles. The van der Waals surface area contributed by atoms with Crippen molar-refractivity contribution in [3.63, 3.8) is 0 Å². The van der Waals surface area contributed by atoms with Gasteiger partial charge in [0.15, 0.2) is 0 Å². The van der Waals surface area contributed by atoms with Gasteiger partial charge >= 0.3 is 0 Å². The maximum Gasteiger partial charge on any atom is 0.0683 e. The molecule has 0 atom stereocenters. The standard InChI is InChI=1S/C19H24Si/c1-16-7-11-18(12-8-16)19-13-9-17(10-14-19)6-5-15-20(2,3)4/h5,7-15H,6H2,1-4H3/b15-5+. The largest absolute Gasteiger partial charge is 0.0986 e. The molecular formula is C19H24Si. The van der Waals surface area contributed by atoms with Crippen LogP contribution in [-0.2, 0) is 6.42 Å². The molecule has 0 fully saturated rings. The van der Waals surface area contributed by atoms with Crippen molar-refractivity contribution in [3.8, 4) is 11.1 Å². The van der Waals surface area contributed by atoms with Crippen LogP contribution in [0, 0.1) is 6.92 Å². The summed E-state index contributed by atoms with van der Waals surface area (Å²) in [6.07, 6.45) is 3.37. The first-order chi connectivity index (χ1) is 9.44. The quantitative estimate of drug-likeness (QED) is 0.636. The van der Waals surface area contributed by atoms with E-state index in [9.17, 15) is 0 Å². The SMILES string of the molecule is Cc1ccc(-c2ccc(C/C=C/[Si](C)(C)C)cc2)cc1. The Morgan fingerprint density at radius 3 is 1.80 bits per heavy atom. The van der Waals surface area contributed by atoms with E-state index in [0.717, 1.165) is 6.42 Å². The molecule has 2 aromatic rings. The molecule has 0 bridgehead atoms. The number of benzene rings is 2. The predicted molar refractivity (Wildman–Crippen MR) is 92.8 cm³/mol. The van der Waals surface area contributed by atoms with Crippen LogP contribution in [0.15, 0.2) is 60.3 Å². The number of rotatable bonds is 4. The van der Waals surface area contributed by atoms with Gasteiger partial charge in [-0.2, -0.15) is 0 Å². The summed E-state index contributed by atoms with van der Waals surface area (Å²) in [5.41, 5.74) is 7.70. The third-order valence-corrected chi connectivity index (χ3v) is 4.55. The molecule has 0 unspecified atom stereocenters. The van der Waals surface area contributed by atoms with Crippen molar-refractivity contribution >= 4 is 8.07 Å². The maximum atomic E-state index is 2.42. The van der Waals surface area contributed by atoms with Gasteiger partial charge in [-0.1, -0.05) is 85.5 Å². The highest BCUT2D eigenvalue weighted by molar-refractivity contribution is 6.80. The van der Waals surface area contributed by atoms with Crippen molar-refractivity contribution in [2.75, 3.05) is 0 Å². The minimum absolute atomic E-state index is 1.04. The molecule has 0 spiro atoms. The van der Waals surface area contributed by atoms with E-state index in [0.29, 0.717) is 0 Å². The van der Waals surface area contributed by atoms with Gasteiger partial charge in [0.1, 0.15) is 0 Å². The van der Waals surface area contributed by atoms with Gasteiger partial charge in [0, 0.05) is 0 Å². The molecule has 1 heteroatoms. The Morgan fingerprint density at radius 2 is 1.30 bits per heavy atom. The molecule has 20 heavy (non-hydrogen) atoms. The Morgan fingerprint density at radius 1 is 0.800 bits per heavy atom. The molecule has 0 amide bonds. The first kappa shape index (κ1) is 14.8. The van der Waals surface area contributed by atoms with E-state index in [2.05, 4.69) is 86.9 Å². The van der Waals surface area contributed by atoms with Crippen molar-refractivity contribution in [1.82, 2.24) is 0 Å². The second kappa shape index (κ2) is 6.23. The van der Waals surface area contributed by atoms with E-state index >= 15 is 0 Å². The van der Waals surface area contributed by atoms with Crippen LogP contribution in [-0.4, -0.2) is 8.07 Å². The Bertz CT molecular complexity index is 569. The van der Waals surface area contributed by atoms with Crippen molar-refractivity contribution in [2.24, 2.45) is 0 Å². The van der Waals surface area contributed by atoms with Gasteiger partial charge in [-0.15, -0.1) is 0 Å². The second-order valence-corrected chi connectivity index (χ2v) is 11.6. The van der Waals surface area contributed by atoms with Gasteiger partial charge < -0.3 is 0 Å². The number of hydrogen-bond acceptors (Lipinski definition) is 0. The normalized spacial score (nSPS) is 12.0. The summed E-state index contributed by atoms with van der Waals surface area (Å²) in [6.45, 7) is 9.22. The zero-order chi connectivity index (χ0) is 14.6. The molecule has 0 aromatic heterocycles. The molecule has 104 valence electrons. The average Bonchev–Trinajstić information content (AvgIpc) is 2.39. The van der Waals surface area contributed by atoms with E-state index in [4.69, 9.17) is 0 Å². The lowest BCUT2D eigenvalue weighted by molar-refractivity contribution is 1.27. The smallest absolute Gasteiger partial charge is 0.0683 e. The van der Waals surface area contributed by atoms with Crippen LogP contribution in [0.5, 0.6) is 0 Å². The first-order valence-corrected chi connectivity index (χ1v) is 10.9. The van der Waals surface area contributed by atoms with E-state index in [-0.39, 0.29) is 0 Å². The molecule has 2 aromatic carbocycles. The molecule has 0 N–H and O–H groups in total.